The Kier molecular flexibility index (Phi) is 3.62. The summed E-state index contributed by atoms with van der Waals surface area (Å²) in [5, 5.41) is 9.15. The molecule has 0 aliphatic heterocycles. The molecule has 20 heavy (non-hydrogen) atoms. The summed E-state index contributed by atoms with van der Waals surface area (Å²) in [4.78, 5) is 11.5. The first-order valence-corrected chi connectivity index (χ1v) is 6.29. The molecule has 3 nitrogen and oxygen atoms in total. The zero-order valence-electron chi connectivity index (χ0n) is 10.6. The van der Waals surface area contributed by atoms with Crippen molar-refractivity contribution in [2.45, 2.75) is 30.9 Å². The maximum Gasteiger partial charge on any atom is 0.416 e. The summed E-state index contributed by atoms with van der Waals surface area (Å²) in [6, 6.07) is 1.55. The number of carboxylic acids is 1. The predicted molar refractivity (Wildman–Crippen MR) is 66.2 cm³/mol. The Morgan fingerprint density at radius 2 is 2.00 bits per heavy atom. The second-order valence-electron chi connectivity index (χ2n) is 4.77. The van der Waals surface area contributed by atoms with Crippen molar-refractivity contribution in [2.75, 3.05) is 7.11 Å². The van der Waals surface area contributed by atoms with Gasteiger partial charge >= 0.3 is 12.1 Å². The molecular formula is C13H12ClF3O3. The fourth-order valence-electron chi connectivity index (χ4n) is 2.47. The lowest BCUT2D eigenvalue weighted by Gasteiger charge is -2.39. The summed E-state index contributed by atoms with van der Waals surface area (Å²) >= 11 is 5.92. The first kappa shape index (κ1) is 15.0. The van der Waals surface area contributed by atoms with Crippen LogP contribution in [0.3, 0.4) is 0 Å². The van der Waals surface area contributed by atoms with E-state index in [1.165, 1.54) is 7.11 Å². The fraction of sp³-hybridized carbons (Fsp3) is 0.462. The van der Waals surface area contributed by atoms with Crippen molar-refractivity contribution in [3.63, 3.8) is 0 Å². The van der Waals surface area contributed by atoms with E-state index in [1.54, 1.807) is 0 Å². The molecule has 1 saturated carbocycles. The van der Waals surface area contributed by atoms with E-state index in [9.17, 15) is 23.1 Å². The number of alkyl halides is 3. The Balaban J connectivity index is 2.63. The number of carbonyl (C=O) groups is 1. The van der Waals surface area contributed by atoms with E-state index in [4.69, 9.17) is 16.3 Å². The van der Waals surface area contributed by atoms with Crippen LogP contribution in [0.4, 0.5) is 13.2 Å². The molecule has 0 atom stereocenters. The quantitative estimate of drug-likeness (QED) is 0.922. The summed E-state index contributed by atoms with van der Waals surface area (Å²) < 4.78 is 43.2. The second-order valence-corrected chi connectivity index (χ2v) is 5.18. The van der Waals surface area contributed by atoms with Gasteiger partial charge < -0.3 is 9.84 Å². The molecule has 1 aliphatic carbocycles. The lowest BCUT2D eigenvalue weighted by molar-refractivity contribution is -0.147. The molecule has 0 heterocycles. The number of carboxylic acid groups (broad SMARTS) is 1. The first-order valence-electron chi connectivity index (χ1n) is 5.91. The fourth-order valence-corrected chi connectivity index (χ4v) is 2.86. The van der Waals surface area contributed by atoms with Crippen molar-refractivity contribution in [3.8, 4) is 5.75 Å². The molecule has 0 aromatic heterocycles. The molecule has 0 bridgehead atoms. The van der Waals surface area contributed by atoms with Gasteiger partial charge in [-0.15, -0.1) is 0 Å². The Labute approximate surface area is 118 Å². The smallest absolute Gasteiger partial charge is 0.416 e. The predicted octanol–water partition coefficient (Wildman–Crippen LogP) is 3.87. The van der Waals surface area contributed by atoms with Gasteiger partial charge in [0.15, 0.2) is 0 Å². The normalized spacial score (nSPS) is 17.4. The summed E-state index contributed by atoms with van der Waals surface area (Å²) in [5.41, 5.74) is -2.07. The van der Waals surface area contributed by atoms with E-state index in [1.807, 2.05) is 0 Å². The molecule has 0 saturated heterocycles. The molecule has 1 aromatic carbocycles. The van der Waals surface area contributed by atoms with Crippen molar-refractivity contribution >= 4 is 17.6 Å². The highest BCUT2D eigenvalue weighted by Gasteiger charge is 2.49. The third-order valence-corrected chi connectivity index (χ3v) is 3.99. The van der Waals surface area contributed by atoms with E-state index in [2.05, 4.69) is 0 Å². The summed E-state index contributed by atoms with van der Waals surface area (Å²) in [6.45, 7) is 0. The largest absolute Gasteiger partial charge is 0.496 e. The SMILES string of the molecule is COc1cc(C(F)(F)F)cc(Cl)c1C1(C(=O)O)CCC1. The van der Waals surface area contributed by atoms with Gasteiger partial charge in [0.2, 0.25) is 0 Å². The summed E-state index contributed by atoms with van der Waals surface area (Å²) in [6.07, 6.45) is -3.20. The van der Waals surface area contributed by atoms with E-state index in [0.717, 1.165) is 12.1 Å². The van der Waals surface area contributed by atoms with Gasteiger partial charge in [0.25, 0.3) is 0 Å². The lowest BCUT2D eigenvalue weighted by atomic mass is 9.64. The average molecular weight is 309 g/mol. The minimum absolute atomic E-state index is 0.132. The van der Waals surface area contributed by atoms with Gasteiger partial charge in [-0.2, -0.15) is 13.2 Å². The van der Waals surface area contributed by atoms with Gasteiger partial charge in [-0.3, -0.25) is 4.79 Å². The van der Waals surface area contributed by atoms with Gasteiger partial charge in [-0.05, 0) is 25.0 Å². The van der Waals surface area contributed by atoms with E-state index in [-0.39, 0.29) is 16.3 Å². The number of benzene rings is 1. The van der Waals surface area contributed by atoms with Crippen LogP contribution in [-0.2, 0) is 16.4 Å². The van der Waals surface area contributed by atoms with Crippen LogP contribution in [0, 0.1) is 0 Å². The van der Waals surface area contributed by atoms with Gasteiger partial charge in [0, 0.05) is 10.6 Å². The molecule has 0 amide bonds. The van der Waals surface area contributed by atoms with Crippen molar-refractivity contribution in [2.24, 2.45) is 0 Å². The molecule has 7 heteroatoms. The lowest BCUT2D eigenvalue weighted by Crippen LogP contribution is -2.43. The Morgan fingerprint density at radius 3 is 2.35 bits per heavy atom. The highest BCUT2D eigenvalue weighted by Crippen LogP contribution is 2.51. The Bertz CT molecular complexity index is 551. The monoisotopic (exact) mass is 308 g/mol. The molecule has 1 N–H and O–H groups in total. The number of aliphatic carboxylic acids is 1. The topological polar surface area (TPSA) is 46.5 Å². The Hall–Kier alpha value is -1.43. The number of hydrogen-bond acceptors (Lipinski definition) is 2. The summed E-state index contributed by atoms with van der Waals surface area (Å²) in [7, 11) is 1.20. The van der Waals surface area contributed by atoms with Gasteiger partial charge in [-0.1, -0.05) is 18.0 Å². The number of rotatable bonds is 3. The minimum Gasteiger partial charge on any atom is -0.496 e. The molecule has 2 rings (SSSR count). The molecule has 0 spiro atoms. The maximum atomic E-state index is 12.7. The molecule has 0 radical (unpaired) electrons. The summed E-state index contributed by atoms with van der Waals surface area (Å²) in [5.74, 6) is -1.23. The van der Waals surface area contributed by atoms with Gasteiger partial charge in [0.05, 0.1) is 18.1 Å². The number of halogens is 4. The van der Waals surface area contributed by atoms with Crippen LogP contribution in [0.1, 0.15) is 30.4 Å². The van der Waals surface area contributed by atoms with Crippen LogP contribution >= 0.6 is 11.6 Å². The van der Waals surface area contributed by atoms with E-state index >= 15 is 0 Å². The maximum absolute atomic E-state index is 12.7. The second kappa shape index (κ2) is 4.84. The Morgan fingerprint density at radius 1 is 1.40 bits per heavy atom. The highest BCUT2D eigenvalue weighted by molar-refractivity contribution is 6.32. The standard InChI is InChI=1S/C13H12ClF3O3/c1-20-9-6-7(13(15,16)17)5-8(14)10(9)12(11(18)19)3-2-4-12/h5-6H,2-4H2,1H3,(H,18,19). The van der Waals surface area contributed by atoms with Crippen LogP contribution in [0.25, 0.3) is 0 Å². The number of ether oxygens (including phenoxy) is 1. The van der Waals surface area contributed by atoms with E-state index < -0.39 is 23.1 Å². The molecule has 0 unspecified atom stereocenters. The molecule has 1 aromatic rings. The van der Waals surface area contributed by atoms with Crippen molar-refractivity contribution in [1.82, 2.24) is 0 Å². The van der Waals surface area contributed by atoms with E-state index in [0.29, 0.717) is 19.3 Å². The zero-order valence-corrected chi connectivity index (χ0v) is 11.3. The molecule has 110 valence electrons. The van der Waals surface area contributed by atoms with Crippen LogP contribution in [-0.4, -0.2) is 18.2 Å². The molecule has 1 aliphatic rings. The highest BCUT2D eigenvalue weighted by atomic mass is 35.5. The zero-order chi connectivity index (χ0) is 15.1. The minimum atomic E-state index is -4.56. The van der Waals surface area contributed by atoms with Crippen LogP contribution < -0.4 is 4.74 Å². The van der Waals surface area contributed by atoms with Crippen molar-refractivity contribution < 1.29 is 27.8 Å². The van der Waals surface area contributed by atoms with Crippen LogP contribution in [0.2, 0.25) is 5.02 Å². The molecule has 1 fully saturated rings. The average Bonchev–Trinajstić information content (AvgIpc) is 2.27. The number of methoxy groups -OCH3 is 1. The molecular weight excluding hydrogens is 297 g/mol. The third-order valence-electron chi connectivity index (χ3n) is 3.70. The van der Waals surface area contributed by atoms with Crippen LogP contribution in [0.15, 0.2) is 12.1 Å². The third kappa shape index (κ3) is 2.22. The van der Waals surface area contributed by atoms with Crippen LogP contribution in [0.5, 0.6) is 5.75 Å². The number of hydrogen-bond donors (Lipinski definition) is 1. The van der Waals surface area contributed by atoms with Crippen molar-refractivity contribution in [3.05, 3.63) is 28.3 Å². The van der Waals surface area contributed by atoms with Gasteiger partial charge in [0.1, 0.15) is 5.75 Å². The first-order chi connectivity index (χ1) is 9.22. The van der Waals surface area contributed by atoms with Gasteiger partial charge in [-0.25, -0.2) is 0 Å². The van der Waals surface area contributed by atoms with Crippen molar-refractivity contribution in [1.29, 1.82) is 0 Å².